The van der Waals surface area contributed by atoms with Gasteiger partial charge in [0.05, 0.1) is 10.5 Å². The number of rotatable bonds is 3. The van der Waals surface area contributed by atoms with E-state index in [-0.39, 0.29) is 17.5 Å². The Hall–Kier alpha value is -3.48. The quantitative estimate of drug-likeness (QED) is 0.475. The molecule has 0 aliphatic carbocycles. The molecular weight excluding hydrogens is 346 g/mol. The minimum absolute atomic E-state index is 0.0575. The average Bonchev–Trinajstić information content (AvgIpc) is 2.91. The van der Waals surface area contributed by atoms with Crippen LogP contribution in [0.4, 0.5) is 5.69 Å². The van der Waals surface area contributed by atoms with Crippen molar-refractivity contribution in [1.82, 2.24) is 9.80 Å². The van der Waals surface area contributed by atoms with Crippen LogP contribution in [0.2, 0.25) is 0 Å². The highest BCUT2D eigenvalue weighted by molar-refractivity contribution is 6.35. The van der Waals surface area contributed by atoms with E-state index in [0.29, 0.717) is 29.9 Å². The Labute approximate surface area is 155 Å². The van der Waals surface area contributed by atoms with E-state index in [1.807, 2.05) is 23.1 Å². The zero-order valence-corrected chi connectivity index (χ0v) is 14.7. The standard InChI is InChI=1S/C20H17N3O4/c1-21-19(24)17(14-6-8-16(9-7-14)23(26)27)18(20(21)25)22-11-10-13-4-2-3-5-15(13)12-22/h2-9H,10-12H2,1H3. The summed E-state index contributed by atoms with van der Waals surface area (Å²) in [7, 11) is 1.46. The number of nitro benzene ring substituents is 1. The van der Waals surface area contributed by atoms with E-state index in [4.69, 9.17) is 0 Å². The zero-order chi connectivity index (χ0) is 19.1. The lowest BCUT2D eigenvalue weighted by molar-refractivity contribution is -0.384. The first kappa shape index (κ1) is 17.0. The molecule has 0 aromatic heterocycles. The topological polar surface area (TPSA) is 83.8 Å². The van der Waals surface area contributed by atoms with Crippen molar-refractivity contribution in [1.29, 1.82) is 0 Å². The maximum Gasteiger partial charge on any atom is 0.277 e. The van der Waals surface area contributed by atoms with Gasteiger partial charge in [-0.25, -0.2) is 0 Å². The summed E-state index contributed by atoms with van der Waals surface area (Å²) in [5, 5.41) is 10.9. The van der Waals surface area contributed by atoms with Gasteiger partial charge in [-0.05, 0) is 35.2 Å². The molecule has 0 N–H and O–H groups in total. The lowest BCUT2D eigenvalue weighted by Crippen LogP contribution is -2.35. The third kappa shape index (κ3) is 2.77. The van der Waals surface area contributed by atoms with Gasteiger partial charge < -0.3 is 4.90 Å². The molecular formula is C20H17N3O4. The molecule has 7 heteroatoms. The van der Waals surface area contributed by atoms with Crippen molar-refractivity contribution < 1.29 is 14.5 Å². The molecule has 0 spiro atoms. The highest BCUT2D eigenvalue weighted by atomic mass is 16.6. The third-order valence-corrected chi connectivity index (χ3v) is 5.08. The zero-order valence-electron chi connectivity index (χ0n) is 14.7. The summed E-state index contributed by atoms with van der Waals surface area (Å²) in [5.41, 5.74) is 3.50. The fraction of sp³-hybridized carbons (Fsp3) is 0.200. The number of carbonyl (C=O) groups is 2. The van der Waals surface area contributed by atoms with Gasteiger partial charge in [-0.3, -0.25) is 24.6 Å². The normalized spacial score (nSPS) is 16.8. The third-order valence-electron chi connectivity index (χ3n) is 5.08. The van der Waals surface area contributed by atoms with E-state index < -0.39 is 4.92 Å². The molecule has 2 aliphatic heterocycles. The molecule has 0 atom stereocenters. The van der Waals surface area contributed by atoms with Gasteiger partial charge in [0.2, 0.25) is 0 Å². The van der Waals surface area contributed by atoms with Gasteiger partial charge in [-0.2, -0.15) is 0 Å². The minimum atomic E-state index is -0.492. The molecule has 4 rings (SSSR count). The second-order valence-corrected chi connectivity index (χ2v) is 6.64. The average molecular weight is 363 g/mol. The molecule has 0 fully saturated rings. The van der Waals surface area contributed by atoms with E-state index in [1.54, 1.807) is 0 Å². The predicted octanol–water partition coefficient (Wildman–Crippen LogP) is 2.36. The Bertz CT molecular complexity index is 995. The molecule has 2 amide bonds. The van der Waals surface area contributed by atoms with Crippen molar-refractivity contribution in [3.05, 3.63) is 81.0 Å². The second kappa shape index (κ2) is 6.35. The van der Waals surface area contributed by atoms with E-state index in [0.717, 1.165) is 16.9 Å². The van der Waals surface area contributed by atoms with Crippen LogP contribution in [0.1, 0.15) is 16.7 Å². The number of hydrogen-bond acceptors (Lipinski definition) is 5. The summed E-state index contributed by atoms with van der Waals surface area (Å²) in [6, 6.07) is 13.8. The van der Waals surface area contributed by atoms with Gasteiger partial charge >= 0.3 is 0 Å². The molecule has 136 valence electrons. The maximum atomic E-state index is 12.8. The maximum absolute atomic E-state index is 12.8. The smallest absolute Gasteiger partial charge is 0.277 e. The Kier molecular flexibility index (Phi) is 3.99. The second-order valence-electron chi connectivity index (χ2n) is 6.64. The molecule has 2 aromatic carbocycles. The summed E-state index contributed by atoms with van der Waals surface area (Å²) >= 11 is 0. The molecule has 0 saturated heterocycles. The van der Waals surface area contributed by atoms with E-state index >= 15 is 0 Å². The molecule has 27 heavy (non-hydrogen) atoms. The molecule has 0 bridgehead atoms. The fourth-order valence-corrected chi connectivity index (χ4v) is 3.62. The van der Waals surface area contributed by atoms with Crippen molar-refractivity contribution in [2.24, 2.45) is 0 Å². The lowest BCUT2D eigenvalue weighted by Gasteiger charge is -2.31. The van der Waals surface area contributed by atoms with Gasteiger partial charge in [-0.1, -0.05) is 24.3 Å². The molecule has 7 nitrogen and oxygen atoms in total. The van der Waals surface area contributed by atoms with Crippen molar-refractivity contribution in [2.75, 3.05) is 13.6 Å². The summed E-state index contributed by atoms with van der Waals surface area (Å²) in [6.07, 6.45) is 0.790. The van der Waals surface area contributed by atoms with Crippen molar-refractivity contribution in [3.8, 4) is 0 Å². The van der Waals surface area contributed by atoms with Crippen LogP contribution in [0.25, 0.3) is 5.57 Å². The molecule has 2 heterocycles. The van der Waals surface area contributed by atoms with Crippen LogP contribution in [0.3, 0.4) is 0 Å². The van der Waals surface area contributed by atoms with Gasteiger partial charge in [0, 0.05) is 32.3 Å². The number of hydrogen-bond donors (Lipinski definition) is 0. The summed E-state index contributed by atoms with van der Waals surface area (Å²) < 4.78 is 0. The Morgan fingerprint density at radius 2 is 1.63 bits per heavy atom. The van der Waals surface area contributed by atoms with Crippen molar-refractivity contribution >= 4 is 23.1 Å². The Morgan fingerprint density at radius 1 is 0.963 bits per heavy atom. The fourth-order valence-electron chi connectivity index (χ4n) is 3.62. The van der Waals surface area contributed by atoms with Crippen LogP contribution < -0.4 is 0 Å². The molecule has 2 aromatic rings. The van der Waals surface area contributed by atoms with Crippen LogP contribution in [0.15, 0.2) is 54.2 Å². The van der Waals surface area contributed by atoms with Gasteiger partial charge in [0.15, 0.2) is 0 Å². The first-order valence-corrected chi connectivity index (χ1v) is 8.60. The Morgan fingerprint density at radius 3 is 2.30 bits per heavy atom. The Balaban J connectivity index is 1.78. The van der Waals surface area contributed by atoms with Crippen LogP contribution >= 0.6 is 0 Å². The number of fused-ring (bicyclic) bond motifs is 1. The van der Waals surface area contributed by atoms with Crippen molar-refractivity contribution in [2.45, 2.75) is 13.0 Å². The highest BCUT2D eigenvalue weighted by Gasteiger charge is 2.40. The first-order valence-electron chi connectivity index (χ1n) is 8.60. The van der Waals surface area contributed by atoms with Crippen LogP contribution in [0, 0.1) is 10.1 Å². The number of carbonyl (C=O) groups excluding carboxylic acids is 2. The monoisotopic (exact) mass is 363 g/mol. The molecule has 2 aliphatic rings. The first-order chi connectivity index (χ1) is 13.0. The summed E-state index contributed by atoms with van der Waals surface area (Å²) in [6.45, 7) is 1.19. The van der Waals surface area contributed by atoms with Gasteiger partial charge in [0.25, 0.3) is 17.5 Å². The van der Waals surface area contributed by atoms with E-state index in [1.165, 1.54) is 36.9 Å². The van der Waals surface area contributed by atoms with Crippen molar-refractivity contribution in [3.63, 3.8) is 0 Å². The number of imide groups is 1. The van der Waals surface area contributed by atoms with Gasteiger partial charge in [0.1, 0.15) is 5.70 Å². The number of likely N-dealkylation sites (N-methyl/N-ethyl adjacent to an activating group) is 1. The largest absolute Gasteiger partial charge is 0.362 e. The lowest BCUT2D eigenvalue weighted by atomic mass is 9.98. The predicted molar refractivity (Wildman–Crippen MR) is 98.3 cm³/mol. The van der Waals surface area contributed by atoms with Crippen LogP contribution in [-0.2, 0) is 22.6 Å². The SMILES string of the molecule is CN1C(=O)C(c2ccc([N+](=O)[O-])cc2)=C(N2CCc3ccccc3C2)C1=O. The molecule has 0 radical (unpaired) electrons. The highest BCUT2D eigenvalue weighted by Crippen LogP contribution is 2.34. The summed E-state index contributed by atoms with van der Waals surface area (Å²) in [5.74, 6) is -0.726. The van der Waals surface area contributed by atoms with Crippen LogP contribution in [-0.4, -0.2) is 40.1 Å². The molecule has 0 unspecified atom stereocenters. The minimum Gasteiger partial charge on any atom is -0.362 e. The number of amides is 2. The van der Waals surface area contributed by atoms with Gasteiger partial charge in [-0.15, -0.1) is 0 Å². The number of nitrogens with zero attached hydrogens (tertiary/aromatic N) is 3. The van der Waals surface area contributed by atoms with Crippen LogP contribution in [0.5, 0.6) is 0 Å². The summed E-state index contributed by atoms with van der Waals surface area (Å²) in [4.78, 5) is 38.9. The molecule has 0 saturated carbocycles. The number of non-ortho nitro benzene ring substituents is 1. The number of benzene rings is 2. The number of nitro groups is 1. The van der Waals surface area contributed by atoms with E-state index in [9.17, 15) is 19.7 Å². The van der Waals surface area contributed by atoms with E-state index in [2.05, 4.69) is 6.07 Å².